The molecule has 2 fully saturated rings. The van der Waals surface area contributed by atoms with Gasteiger partial charge in [0.05, 0.1) is 6.42 Å². The lowest BCUT2D eigenvalue weighted by Crippen LogP contribution is -2.48. The maximum absolute atomic E-state index is 12.7. The maximum atomic E-state index is 12.7. The second-order valence-electron chi connectivity index (χ2n) is 7.26. The molecule has 2 aliphatic rings. The summed E-state index contributed by atoms with van der Waals surface area (Å²) in [6, 6.07) is 0.289. The van der Waals surface area contributed by atoms with E-state index >= 15 is 0 Å². The number of carbonyl (C=O) groups is 2. The molecular formula is C17H29NO3. The molecule has 2 atom stereocenters. The topological polar surface area (TPSA) is 57.6 Å². The monoisotopic (exact) mass is 295 g/mol. The molecule has 1 amide bonds. The van der Waals surface area contributed by atoms with E-state index in [4.69, 9.17) is 0 Å². The van der Waals surface area contributed by atoms with Gasteiger partial charge in [0.15, 0.2) is 0 Å². The van der Waals surface area contributed by atoms with E-state index in [-0.39, 0.29) is 23.8 Å². The van der Waals surface area contributed by atoms with Crippen LogP contribution in [0.15, 0.2) is 0 Å². The fraction of sp³-hybridized carbons (Fsp3) is 0.882. The summed E-state index contributed by atoms with van der Waals surface area (Å²) in [6.45, 7) is 5.18. The summed E-state index contributed by atoms with van der Waals surface area (Å²) in [5.74, 6) is -0.0357. The van der Waals surface area contributed by atoms with Crippen LogP contribution in [0.5, 0.6) is 0 Å². The quantitative estimate of drug-likeness (QED) is 0.864. The predicted molar refractivity (Wildman–Crippen MR) is 82.0 cm³/mol. The summed E-state index contributed by atoms with van der Waals surface area (Å²) in [6.07, 6.45) is 7.92. The third-order valence-corrected chi connectivity index (χ3v) is 5.66. The molecule has 0 bridgehead atoms. The highest BCUT2D eigenvalue weighted by molar-refractivity contribution is 5.78. The molecule has 2 rings (SSSR count). The number of carboxylic acid groups (broad SMARTS) is 1. The van der Waals surface area contributed by atoms with E-state index in [9.17, 15) is 14.7 Å². The largest absolute Gasteiger partial charge is 0.481 e. The number of aliphatic carboxylic acids is 1. The minimum atomic E-state index is -0.759. The maximum Gasteiger partial charge on any atom is 0.303 e. The van der Waals surface area contributed by atoms with Crippen molar-refractivity contribution in [2.75, 3.05) is 6.54 Å². The molecule has 0 aromatic rings. The number of hydrogen-bond donors (Lipinski definition) is 1. The van der Waals surface area contributed by atoms with Crippen molar-refractivity contribution in [2.45, 2.75) is 77.7 Å². The zero-order valence-corrected chi connectivity index (χ0v) is 13.4. The van der Waals surface area contributed by atoms with E-state index in [1.54, 1.807) is 0 Å². The zero-order chi connectivity index (χ0) is 15.5. The van der Waals surface area contributed by atoms with Crippen LogP contribution in [0.2, 0.25) is 0 Å². The van der Waals surface area contributed by atoms with Gasteiger partial charge in [0.1, 0.15) is 0 Å². The standard InChI is InChI=1S/C17H29NO3/c1-13-7-6-10-18(14(13)2)15(19)11-17(12-16(20)21)8-4-3-5-9-17/h13-14H,3-12H2,1-2H3,(H,20,21). The van der Waals surface area contributed by atoms with Crippen molar-refractivity contribution in [3.63, 3.8) is 0 Å². The van der Waals surface area contributed by atoms with Gasteiger partial charge in [-0.25, -0.2) is 0 Å². The molecule has 4 heteroatoms. The molecule has 1 heterocycles. The fourth-order valence-corrected chi connectivity index (χ4v) is 4.15. The van der Waals surface area contributed by atoms with Crippen LogP contribution in [-0.4, -0.2) is 34.5 Å². The van der Waals surface area contributed by atoms with Gasteiger partial charge in [-0.2, -0.15) is 0 Å². The molecular weight excluding hydrogens is 266 g/mol. The first-order valence-electron chi connectivity index (χ1n) is 8.45. The number of hydrogen-bond acceptors (Lipinski definition) is 2. The first-order valence-corrected chi connectivity index (χ1v) is 8.45. The molecule has 0 spiro atoms. The van der Waals surface area contributed by atoms with Gasteiger partial charge < -0.3 is 10.0 Å². The van der Waals surface area contributed by atoms with Crippen LogP contribution in [0, 0.1) is 11.3 Å². The van der Waals surface area contributed by atoms with Crippen LogP contribution in [0.4, 0.5) is 0 Å². The van der Waals surface area contributed by atoms with E-state index in [2.05, 4.69) is 13.8 Å². The number of carbonyl (C=O) groups excluding carboxylic acids is 1. The highest BCUT2D eigenvalue weighted by Crippen LogP contribution is 2.43. The van der Waals surface area contributed by atoms with Crippen molar-refractivity contribution in [2.24, 2.45) is 11.3 Å². The molecule has 120 valence electrons. The first-order chi connectivity index (χ1) is 9.93. The van der Waals surface area contributed by atoms with Gasteiger partial charge in [-0.15, -0.1) is 0 Å². The van der Waals surface area contributed by atoms with Crippen LogP contribution >= 0.6 is 0 Å². The number of rotatable bonds is 4. The highest BCUT2D eigenvalue weighted by Gasteiger charge is 2.39. The van der Waals surface area contributed by atoms with Gasteiger partial charge >= 0.3 is 5.97 Å². The summed E-state index contributed by atoms with van der Waals surface area (Å²) < 4.78 is 0. The van der Waals surface area contributed by atoms with Gasteiger partial charge in [0.2, 0.25) is 5.91 Å². The summed E-state index contributed by atoms with van der Waals surface area (Å²) in [4.78, 5) is 26.0. The van der Waals surface area contributed by atoms with Gasteiger partial charge in [-0.05, 0) is 43.9 Å². The Morgan fingerprint density at radius 1 is 1.10 bits per heavy atom. The molecule has 1 N–H and O–H groups in total. The minimum Gasteiger partial charge on any atom is -0.481 e. The molecule has 1 saturated carbocycles. The van der Waals surface area contributed by atoms with Gasteiger partial charge in [-0.1, -0.05) is 26.2 Å². The highest BCUT2D eigenvalue weighted by atomic mass is 16.4. The van der Waals surface area contributed by atoms with Crippen molar-refractivity contribution in [3.05, 3.63) is 0 Å². The molecule has 1 aliphatic heterocycles. The van der Waals surface area contributed by atoms with Crippen LogP contribution in [0.1, 0.15) is 71.6 Å². The zero-order valence-electron chi connectivity index (χ0n) is 13.4. The summed E-state index contributed by atoms with van der Waals surface area (Å²) in [5.41, 5.74) is -0.290. The van der Waals surface area contributed by atoms with Crippen LogP contribution in [0.25, 0.3) is 0 Å². The average Bonchev–Trinajstić information content (AvgIpc) is 2.41. The molecule has 21 heavy (non-hydrogen) atoms. The lowest BCUT2D eigenvalue weighted by molar-refractivity contribution is -0.144. The van der Waals surface area contributed by atoms with Gasteiger partial charge in [-0.3, -0.25) is 9.59 Å². The number of piperidine rings is 1. The predicted octanol–water partition coefficient (Wildman–Crippen LogP) is 3.45. The van der Waals surface area contributed by atoms with Crippen molar-refractivity contribution in [1.82, 2.24) is 4.90 Å². The van der Waals surface area contributed by atoms with Crippen molar-refractivity contribution in [1.29, 1.82) is 0 Å². The van der Waals surface area contributed by atoms with Crippen molar-refractivity contribution < 1.29 is 14.7 Å². The van der Waals surface area contributed by atoms with E-state index < -0.39 is 5.97 Å². The van der Waals surface area contributed by atoms with Crippen molar-refractivity contribution >= 4 is 11.9 Å². The Hall–Kier alpha value is -1.06. The fourth-order valence-electron chi connectivity index (χ4n) is 4.15. The second-order valence-corrected chi connectivity index (χ2v) is 7.26. The summed E-state index contributed by atoms with van der Waals surface area (Å²) >= 11 is 0. The van der Waals surface area contributed by atoms with Gasteiger partial charge in [0.25, 0.3) is 0 Å². The lowest BCUT2D eigenvalue weighted by atomic mass is 9.69. The second kappa shape index (κ2) is 6.80. The summed E-state index contributed by atoms with van der Waals surface area (Å²) in [5, 5.41) is 9.22. The number of likely N-dealkylation sites (tertiary alicyclic amines) is 1. The van der Waals surface area contributed by atoms with E-state index in [1.165, 1.54) is 12.8 Å². The minimum absolute atomic E-state index is 0.149. The van der Waals surface area contributed by atoms with Crippen LogP contribution in [-0.2, 0) is 9.59 Å². The SMILES string of the molecule is CC1CCCN(C(=O)CC2(CC(=O)O)CCCCC2)C1C. The molecule has 1 saturated heterocycles. The first kappa shape index (κ1) is 16.3. The molecule has 2 unspecified atom stereocenters. The Bertz CT molecular complexity index is 387. The smallest absolute Gasteiger partial charge is 0.303 e. The third-order valence-electron chi connectivity index (χ3n) is 5.66. The molecule has 0 aromatic carbocycles. The third kappa shape index (κ3) is 3.98. The molecule has 0 aromatic heterocycles. The number of carboxylic acids is 1. The van der Waals surface area contributed by atoms with E-state index in [1.807, 2.05) is 4.90 Å². The average molecular weight is 295 g/mol. The Morgan fingerprint density at radius 2 is 1.76 bits per heavy atom. The van der Waals surface area contributed by atoms with Crippen LogP contribution < -0.4 is 0 Å². The molecule has 4 nitrogen and oxygen atoms in total. The Labute approximate surface area is 127 Å². The Morgan fingerprint density at radius 3 is 2.38 bits per heavy atom. The number of amides is 1. The molecule has 1 aliphatic carbocycles. The van der Waals surface area contributed by atoms with Gasteiger partial charge in [0, 0.05) is 19.0 Å². The summed E-state index contributed by atoms with van der Waals surface area (Å²) in [7, 11) is 0. The lowest BCUT2D eigenvalue weighted by Gasteiger charge is -2.42. The molecule has 0 radical (unpaired) electrons. The Balaban J connectivity index is 2.05. The van der Waals surface area contributed by atoms with Crippen molar-refractivity contribution in [3.8, 4) is 0 Å². The Kier molecular flexibility index (Phi) is 5.28. The number of nitrogens with zero attached hydrogens (tertiary/aromatic N) is 1. The normalized spacial score (nSPS) is 29.1. The van der Waals surface area contributed by atoms with E-state index in [0.717, 1.165) is 38.6 Å². The van der Waals surface area contributed by atoms with Crippen LogP contribution in [0.3, 0.4) is 0 Å². The van der Waals surface area contributed by atoms with E-state index in [0.29, 0.717) is 12.3 Å².